The van der Waals surface area contributed by atoms with Crippen LogP contribution in [0.1, 0.15) is 44.2 Å². The Hall–Kier alpha value is -2.78. The summed E-state index contributed by atoms with van der Waals surface area (Å²) >= 11 is 6.21. The number of carbonyl (C=O) groups is 2. The van der Waals surface area contributed by atoms with Gasteiger partial charge in [0.15, 0.2) is 0 Å². The molecule has 1 N–H and O–H groups in total. The molecule has 0 bridgehead atoms. The molecule has 0 radical (unpaired) electrons. The van der Waals surface area contributed by atoms with Gasteiger partial charge in [0.05, 0.1) is 19.1 Å². The molecule has 8 nitrogen and oxygen atoms in total. The lowest BCUT2D eigenvalue weighted by atomic mass is 10.1. The minimum absolute atomic E-state index is 0.0749. The van der Waals surface area contributed by atoms with E-state index in [1.165, 1.54) is 4.31 Å². The van der Waals surface area contributed by atoms with Gasteiger partial charge in [0.25, 0.3) is 0 Å². The van der Waals surface area contributed by atoms with Gasteiger partial charge in [-0.05, 0) is 62.1 Å². The number of rotatable bonds is 13. The number of carbonyl (C=O) groups excluding carboxylic acids is 2. The molecule has 0 saturated heterocycles. The second-order valence-corrected chi connectivity index (χ2v) is 10.8. The van der Waals surface area contributed by atoms with Crippen LogP contribution in [0.3, 0.4) is 0 Å². The summed E-state index contributed by atoms with van der Waals surface area (Å²) in [4.78, 5) is 27.8. The number of methoxy groups -OCH3 is 1. The van der Waals surface area contributed by atoms with Crippen molar-refractivity contribution >= 4 is 39.1 Å². The van der Waals surface area contributed by atoms with Crippen LogP contribution in [0.4, 0.5) is 5.69 Å². The predicted molar refractivity (Wildman–Crippen MR) is 144 cm³/mol. The molecule has 10 heteroatoms. The lowest BCUT2D eigenvalue weighted by Gasteiger charge is -2.31. The quantitative estimate of drug-likeness (QED) is 0.414. The molecule has 0 spiro atoms. The van der Waals surface area contributed by atoms with Gasteiger partial charge in [0.2, 0.25) is 21.8 Å². The maximum atomic E-state index is 13.4. The highest BCUT2D eigenvalue weighted by Gasteiger charge is 2.29. The molecule has 0 aliphatic carbocycles. The highest BCUT2D eigenvalue weighted by atomic mass is 35.5. The third-order valence-corrected chi connectivity index (χ3v) is 7.47. The highest BCUT2D eigenvalue weighted by Crippen LogP contribution is 2.28. The van der Waals surface area contributed by atoms with Crippen molar-refractivity contribution in [1.29, 1.82) is 0 Å². The topological polar surface area (TPSA) is 96.0 Å². The minimum Gasteiger partial charge on any atom is -0.497 e. The molecule has 0 fully saturated rings. The summed E-state index contributed by atoms with van der Waals surface area (Å²) in [6, 6.07) is 11.8. The smallest absolute Gasteiger partial charge is 0.242 e. The van der Waals surface area contributed by atoms with Crippen molar-refractivity contribution in [2.75, 3.05) is 30.8 Å². The normalized spacial score (nSPS) is 12.1. The Morgan fingerprint density at radius 1 is 1.14 bits per heavy atom. The molecule has 2 aromatic rings. The highest BCUT2D eigenvalue weighted by molar-refractivity contribution is 7.92. The van der Waals surface area contributed by atoms with Gasteiger partial charge in [-0.1, -0.05) is 36.7 Å². The summed E-state index contributed by atoms with van der Waals surface area (Å²) in [5, 5.41) is 3.28. The van der Waals surface area contributed by atoms with Crippen molar-refractivity contribution in [1.82, 2.24) is 10.2 Å². The van der Waals surface area contributed by atoms with E-state index in [-0.39, 0.29) is 37.7 Å². The molecule has 1 atom stereocenters. The third kappa shape index (κ3) is 7.86. The maximum Gasteiger partial charge on any atom is 0.242 e. The van der Waals surface area contributed by atoms with Crippen LogP contribution in [0.2, 0.25) is 5.02 Å². The predicted octanol–water partition coefficient (Wildman–Crippen LogP) is 4.15. The van der Waals surface area contributed by atoms with Gasteiger partial charge < -0.3 is 15.0 Å². The van der Waals surface area contributed by atoms with Gasteiger partial charge in [0.1, 0.15) is 11.8 Å². The van der Waals surface area contributed by atoms with Crippen LogP contribution in [0.25, 0.3) is 0 Å². The van der Waals surface area contributed by atoms with E-state index in [2.05, 4.69) is 5.32 Å². The van der Waals surface area contributed by atoms with Crippen LogP contribution in [0, 0.1) is 6.92 Å². The number of ether oxygens (including phenoxy) is 1. The molecule has 2 amide bonds. The van der Waals surface area contributed by atoms with Gasteiger partial charge in [-0.3, -0.25) is 13.9 Å². The van der Waals surface area contributed by atoms with E-state index in [1.54, 1.807) is 37.1 Å². The second-order valence-electron chi connectivity index (χ2n) is 8.51. The van der Waals surface area contributed by atoms with Crippen molar-refractivity contribution in [3.05, 3.63) is 58.6 Å². The summed E-state index contributed by atoms with van der Waals surface area (Å²) in [6.07, 6.45) is 1.93. The molecule has 2 aromatic carbocycles. The van der Waals surface area contributed by atoms with Gasteiger partial charge in [-0.15, -0.1) is 0 Å². The summed E-state index contributed by atoms with van der Waals surface area (Å²) in [6.45, 7) is 6.25. The van der Waals surface area contributed by atoms with Crippen LogP contribution in [-0.4, -0.2) is 57.6 Å². The molecule has 198 valence electrons. The summed E-state index contributed by atoms with van der Waals surface area (Å²) in [5.41, 5.74) is 1.97. The molecule has 0 aliphatic rings. The fraction of sp³-hybridized carbons (Fsp3) is 0.462. The fourth-order valence-electron chi connectivity index (χ4n) is 4.03. The number of nitrogens with one attached hydrogen (secondary N) is 1. The summed E-state index contributed by atoms with van der Waals surface area (Å²) < 4.78 is 31.7. The summed E-state index contributed by atoms with van der Waals surface area (Å²) in [5.74, 6) is 0.211. The number of hydrogen-bond donors (Lipinski definition) is 1. The first kappa shape index (κ1) is 29.5. The Labute approximate surface area is 219 Å². The van der Waals surface area contributed by atoms with Gasteiger partial charge in [0, 0.05) is 31.1 Å². The molecule has 0 heterocycles. The first-order valence-corrected chi connectivity index (χ1v) is 14.2. The number of amides is 2. The number of nitrogens with zero attached hydrogens (tertiary/aromatic N) is 2. The van der Waals surface area contributed by atoms with Gasteiger partial charge >= 0.3 is 0 Å². The average Bonchev–Trinajstić information content (AvgIpc) is 2.83. The number of likely N-dealkylation sites (N-methyl/N-ethyl adjacent to an activating group) is 1. The summed E-state index contributed by atoms with van der Waals surface area (Å²) in [7, 11) is -2.03. The SMILES string of the molecule is CCNC(=O)[C@H](CC)N(Cc1cccc(OC)c1)C(=O)CCCN(c1cccc(Cl)c1C)S(C)(=O)=O. The van der Waals surface area contributed by atoms with Crippen LogP contribution in [-0.2, 0) is 26.2 Å². The van der Waals surface area contributed by atoms with E-state index in [4.69, 9.17) is 16.3 Å². The Morgan fingerprint density at radius 2 is 1.83 bits per heavy atom. The minimum atomic E-state index is -3.60. The van der Waals surface area contributed by atoms with E-state index in [9.17, 15) is 18.0 Å². The van der Waals surface area contributed by atoms with Crippen LogP contribution < -0.4 is 14.4 Å². The first-order chi connectivity index (χ1) is 17.0. The van der Waals surface area contributed by atoms with Crippen LogP contribution in [0.5, 0.6) is 5.75 Å². The van der Waals surface area contributed by atoms with Crippen molar-refractivity contribution in [3.63, 3.8) is 0 Å². The van der Waals surface area contributed by atoms with Crippen molar-refractivity contribution in [2.24, 2.45) is 0 Å². The van der Waals surface area contributed by atoms with E-state index in [0.717, 1.165) is 11.8 Å². The van der Waals surface area contributed by atoms with Crippen LogP contribution in [0.15, 0.2) is 42.5 Å². The van der Waals surface area contributed by atoms with Crippen molar-refractivity contribution < 1.29 is 22.7 Å². The fourth-order valence-corrected chi connectivity index (χ4v) is 5.21. The van der Waals surface area contributed by atoms with E-state index in [1.807, 2.05) is 38.1 Å². The maximum absolute atomic E-state index is 13.4. The zero-order valence-corrected chi connectivity index (χ0v) is 23.2. The number of halogens is 1. The lowest BCUT2D eigenvalue weighted by Crippen LogP contribution is -2.49. The largest absolute Gasteiger partial charge is 0.497 e. The van der Waals surface area contributed by atoms with Crippen LogP contribution >= 0.6 is 11.6 Å². The Balaban J connectivity index is 2.25. The Bertz CT molecular complexity index is 1160. The van der Waals surface area contributed by atoms with Crippen molar-refractivity contribution in [2.45, 2.75) is 52.6 Å². The molecule has 0 aliphatic heterocycles. The number of anilines is 1. The molecule has 0 unspecified atom stereocenters. The molecular formula is C26H36ClN3O5S. The first-order valence-electron chi connectivity index (χ1n) is 12.0. The molecule has 2 rings (SSSR count). The van der Waals surface area contributed by atoms with Crippen molar-refractivity contribution in [3.8, 4) is 5.75 Å². The monoisotopic (exact) mass is 537 g/mol. The molecule has 0 aromatic heterocycles. The zero-order valence-electron chi connectivity index (χ0n) is 21.6. The molecule has 36 heavy (non-hydrogen) atoms. The van der Waals surface area contributed by atoms with Gasteiger partial charge in [-0.2, -0.15) is 0 Å². The number of sulfonamides is 1. The molecular weight excluding hydrogens is 502 g/mol. The Kier molecular flexibility index (Phi) is 11.0. The van der Waals surface area contributed by atoms with E-state index >= 15 is 0 Å². The average molecular weight is 538 g/mol. The Morgan fingerprint density at radius 3 is 2.44 bits per heavy atom. The lowest BCUT2D eigenvalue weighted by molar-refractivity contribution is -0.141. The zero-order chi connectivity index (χ0) is 26.9. The standard InChI is InChI=1S/C26H36ClN3O5S/c1-6-23(26(32)28-7-2)29(18-20-11-8-12-21(17-20)35-4)25(31)15-10-16-30(36(5,33)34)24-14-9-13-22(27)19(24)3/h8-9,11-14,17,23H,6-7,10,15-16,18H2,1-5H3,(H,28,32)/t23-/m0/s1. The number of hydrogen-bond acceptors (Lipinski definition) is 5. The van der Waals surface area contributed by atoms with E-state index < -0.39 is 16.1 Å². The number of benzene rings is 2. The third-order valence-electron chi connectivity index (χ3n) is 5.88. The molecule has 0 saturated carbocycles. The second kappa shape index (κ2) is 13.5. The van der Waals surface area contributed by atoms with Gasteiger partial charge in [-0.25, -0.2) is 8.42 Å². The van der Waals surface area contributed by atoms with E-state index in [0.29, 0.717) is 35.0 Å².